The number of alkyl halides is 2. The van der Waals surface area contributed by atoms with Gasteiger partial charge in [-0.3, -0.25) is 0 Å². The summed E-state index contributed by atoms with van der Waals surface area (Å²) in [7, 11) is -3.79. The molecule has 0 aromatic carbocycles. The summed E-state index contributed by atoms with van der Waals surface area (Å²) < 4.78 is 52.7. The van der Waals surface area contributed by atoms with E-state index in [4.69, 9.17) is 5.73 Å². The minimum atomic E-state index is -3.79. The van der Waals surface area contributed by atoms with E-state index in [1.54, 1.807) is 0 Å². The molecule has 1 aliphatic carbocycles. The third-order valence-corrected chi connectivity index (χ3v) is 5.05. The smallest absolute Gasteiger partial charge is 0.279 e. The van der Waals surface area contributed by atoms with Crippen molar-refractivity contribution in [3.8, 4) is 0 Å². The van der Waals surface area contributed by atoms with Gasteiger partial charge in [-0.15, -0.1) is 0 Å². The predicted octanol–water partition coefficient (Wildman–Crippen LogP) is -0.101. The molecule has 2 unspecified atom stereocenters. The Balaban J connectivity index is 1.96. The topological polar surface area (TPSA) is 75.4 Å². The van der Waals surface area contributed by atoms with Crippen molar-refractivity contribution in [2.24, 2.45) is 11.7 Å². The molecule has 0 aromatic rings. The molecule has 2 fully saturated rings. The third kappa shape index (κ3) is 2.75. The average Bonchev–Trinajstić information content (AvgIpc) is 2.89. The predicted molar refractivity (Wildman–Crippen MR) is 58.8 cm³/mol. The molecule has 2 bridgehead atoms. The summed E-state index contributed by atoms with van der Waals surface area (Å²) >= 11 is 0. The van der Waals surface area contributed by atoms with E-state index in [1.807, 2.05) is 4.72 Å². The Bertz CT molecular complexity index is 388. The number of nitrogens with zero attached hydrogens (tertiary/aromatic N) is 1. The Kier molecular flexibility index (Phi) is 3.41. The van der Waals surface area contributed by atoms with Gasteiger partial charge in [-0.1, -0.05) is 0 Å². The fourth-order valence-electron chi connectivity index (χ4n) is 2.53. The van der Waals surface area contributed by atoms with Gasteiger partial charge in [-0.05, 0) is 25.2 Å². The van der Waals surface area contributed by atoms with Crippen molar-refractivity contribution in [2.75, 3.05) is 19.6 Å². The molecule has 1 saturated carbocycles. The van der Waals surface area contributed by atoms with Gasteiger partial charge in [0.1, 0.15) is 0 Å². The zero-order valence-corrected chi connectivity index (χ0v) is 10.2. The van der Waals surface area contributed by atoms with Crippen molar-refractivity contribution >= 4 is 10.2 Å². The second kappa shape index (κ2) is 4.42. The first-order chi connectivity index (χ1) is 7.84. The lowest BCUT2D eigenvalue weighted by atomic mass is 10.1. The van der Waals surface area contributed by atoms with Gasteiger partial charge in [0.15, 0.2) is 0 Å². The summed E-state index contributed by atoms with van der Waals surface area (Å²) in [6.45, 7) is -1.34. The maximum absolute atomic E-state index is 12.9. The molecule has 2 rings (SSSR count). The highest BCUT2D eigenvalue weighted by Crippen LogP contribution is 2.38. The van der Waals surface area contributed by atoms with E-state index in [0.29, 0.717) is 12.5 Å². The molecule has 1 heterocycles. The van der Waals surface area contributed by atoms with Crippen LogP contribution in [0.1, 0.15) is 19.3 Å². The molecule has 2 atom stereocenters. The number of hydrogen-bond acceptors (Lipinski definition) is 3. The molecule has 1 saturated heterocycles. The van der Waals surface area contributed by atoms with Gasteiger partial charge in [0.25, 0.3) is 16.1 Å². The minimum Gasteiger partial charge on any atom is -0.325 e. The second-order valence-electron chi connectivity index (χ2n) is 4.79. The number of piperidine rings is 1. The van der Waals surface area contributed by atoms with Crippen molar-refractivity contribution in [3.63, 3.8) is 0 Å². The number of fused-ring (bicyclic) bond motifs is 2. The first kappa shape index (κ1) is 13.1. The van der Waals surface area contributed by atoms with Crippen molar-refractivity contribution in [1.29, 1.82) is 0 Å². The van der Waals surface area contributed by atoms with E-state index < -0.39 is 29.2 Å². The highest BCUT2D eigenvalue weighted by Gasteiger charge is 2.44. The zero-order chi connectivity index (χ0) is 12.7. The number of hydrogen-bond donors (Lipinski definition) is 2. The largest absolute Gasteiger partial charge is 0.325 e. The lowest BCUT2D eigenvalue weighted by Crippen LogP contribution is -2.49. The first-order valence-electron chi connectivity index (χ1n) is 5.68. The van der Waals surface area contributed by atoms with Crippen LogP contribution in [0.2, 0.25) is 0 Å². The maximum Gasteiger partial charge on any atom is 0.279 e. The molecule has 2 aliphatic rings. The van der Waals surface area contributed by atoms with Gasteiger partial charge in [0.05, 0.1) is 13.1 Å². The van der Waals surface area contributed by atoms with E-state index in [1.165, 1.54) is 4.31 Å². The molecule has 5 nitrogen and oxygen atoms in total. The number of rotatable bonds is 5. The van der Waals surface area contributed by atoms with Crippen LogP contribution in [0.25, 0.3) is 0 Å². The van der Waals surface area contributed by atoms with Crippen LogP contribution in [0.4, 0.5) is 8.78 Å². The monoisotopic (exact) mass is 269 g/mol. The summed E-state index contributed by atoms with van der Waals surface area (Å²) in [5, 5.41) is 0. The summed E-state index contributed by atoms with van der Waals surface area (Å²) in [5.74, 6) is -2.79. The van der Waals surface area contributed by atoms with E-state index >= 15 is 0 Å². The maximum atomic E-state index is 12.9. The van der Waals surface area contributed by atoms with Gasteiger partial charge < -0.3 is 5.73 Å². The van der Waals surface area contributed by atoms with Crippen molar-refractivity contribution < 1.29 is 17.2 Å². The molecule has 3 N–H and O–H groups in total. The van der Waals surface area contributed by atoms with Crippen LogP contribution >= 0.6 is 0 Å². The van der Waals surface area contributed by atoms with E-state index in [-0.39, 0.29) is 6.04 Å². The van der Waals surface area contributed by atoms with Crippen molar-refractivity contribution in [2.45, 2.75) is 31.2 Å². The van der Waals surface area contributed by atoms with Crippen LogP contribution in [-0.4, -0.2) is 44.3 Å². The SMILES string of the molecule is NCC(F)(F)CNS(=O)(=O)N1CC2CCC1C2. The van der Waals surface area contributed by atoms with E-state index in [0.717, 1.165) is 19.3 Å². The van der Waals surface area contributed by atoms with E-state index in [9.17, 15) is 17.2 Å². The van der Waals surface area contributed by atoms with Crippen LogP contribution in [0.15, 0.2) is 0 Å². The molecule has 0 amide bonds. The summed E-state index contributed by atoms with van der Waals surface area (Å²) in [5.41, 5.74) is 4.85. The van der Waals surface area contributed by atoms with Gasteiger partial charge in [0.2, 0.25) is 0 Å². The summed E-state index contributed by atoms with van der Waals surface area (Å²) in [6, 6.07) is -0.0102. The van der Waals surface area contributed by atoms with Gasteiger partial charge in [0, 0.05) is 12.6 Å². The van der Waals surface area contributed by atoms with Gasteiger partial charge in [-0.2, -0.15) is 17.4 Å². The Morgan fingerprint density at radius 3 is 2.59 bits per heavy atom. The minimum absolute atomic E-state index is 0.0102. The number of nitrogens with two attached hydrogens (primary N) is 1. The molecule has 0 radical (unpaired) electrons. The quantitative estimate of drug-likeness (QED) is 0.732. The van der Waals surface area contributed by atoms with Crippen LogP contribution in [0.5, 0.6) is 0 Å². The molecule has 0 spiro atoms. The van der Waals surface area contributed by atoms with Gasteiger partial charge >= 0.3 is 0 Å². The van der Waals surface area contributed by atoms with E-state index in [2.05, 4.69) is 0 Å². The van der Waals surface area contributed by atoms with Crippen molar-refractivity contribution in [1.82, 2.24) is 9.03 Å². The highest BCUT2D eigenvalue weighted by atomic mass is 32.2. The van der Waals surface area contributed by atoms with Crippen LogP contribution < -0.4 is 10.5 Å². The fourth-order valence-corrected chi connectivity index (χ4v) is 4.08. The Labute approximate surface area is 99.5 Å². The number of halogens is 2. The second-order valence-corrected chi connectivity index (χ2v) is 6.50. The molecule has 1 aliphatic heterocycles. The Morgan fingerprint density at radius 1 is 1.41 bits per heavy atom. The van der Waals surface area contributed by atoms with Gasteiger partial charge in [-0.25, -0.2) is 8.78 Å². The van der Waals surface area contributed by atoms with Crippen LogP contribution in [-0.2, 0) is 10.2 Å². The molecule has 17 heavy (non-hydrogen) atoms. The Morgan fingerprint density at radius 2 is 2.12 bits per heavy atom. The summed E-state index contributed by atoms with van der Waals surface area (Å²) in [4.78, 5) is 0. The third-order valence-electron chi connectivity index (χ3n) is 3.48. The average molecular weight is 269 g/mol. The molecule has 8 heteroatoms. The highest BCUT2D eigenvalue weighted by molar-refractivity contribution is 7.87. The molecular formula is C9H17F2N3O2S. The molecule has 0 aromatic heterocycles. The molecule has 100 valence electrons. The molecular weight excluding hydrogens is 252 g/mol. The Hall–Kier alpha value is -0.310. The standard InChI is InChI=1S/C9H17F2N3O2S/c10-9(11,5-12)6-13-17(15,16)14-4-7-1-2-8(14)3-7/h7-8,13H,1-6,12H2. The normalized spacial score (nSPS) is 30.1. The summed E-state index contributed by atoms with van der Waals surface area (Å²) in [6.07, 6.45) is 2.72. The lowest BCUT2D eigenvalue weighted by molar-refractivity contribution is 0.0166. The van der Waals surface area contributed by atoms with Crippen LogP contribution in [0, 0.1) is 5.92 Å². The fraction of sp³-hybridized carbons (Fsp3) is 1.00. The first-order valence-corrected chi connectivity index (χ1v) is 7.12. The lowest BCUT2D eigenvalue weighted by Gasteiger charge is -2.27. The number of nitrogens with one attached hydrogen (secondary N) is 1. The van der Waals surface area contributed by atoms with Crippen LogP contribution in [0.3, 0.4) is 0 Å². The zero-order valence-electron chi connectivity index (χ0n) is 9.40. The van der Waals surface area contributed by atoms with Crippen molar-refractivity contribution in [3.05, 3.63) is 0 Å².